The molecule has 0 radical (unpaired) electrons. The lowest BCUT2D eigenvalue weighted by molar-refractivity contribution is 0.288. The average Bonchev–Trinajstić information content (AvgIpc) is 2.31. The average molecular weight is 241 g/mol. The maximum Gasteiger partial charge on any atom is 0.167 e. The van der Waals surface area contributed by atoms with Crippen molar-refractivity contribution in [2.24, 2.45) is 0 Å². The van der Waals surface area contributed by atoms with E-state index in [1.165, 1.54) is 12.1 Å². The smallest absolute Gasteiger partial charge is 0.167 e. The molecule has 0 aromatic heterocycles. The summed E-state index contributed by atoms with van der Waals surface area (Å²) < 4.78 is 24.2. The van der Waals surface area contributed by atoms with Crippen LogP contribution >= 0.6 is 0 Å². The van der Waals surface area contributed by atoms with Crippen LogP contribution in [-0.2, 0) is 0 Å². The highest BCUT2D eigenvalue weighted by molar-refractivity contribution is 5.56. The van der Waals surface area contributed by atoms with Gasteiger partial charge in [-0.2, -0.15) is 0 Å². The summed E-state index contributed by atoms with van der Waals surface area (Å²) in [4.78, 5) is 0. The zero-order valence-electron chi connectivity index (χ0n) is 10.5. The summed E-state index contributed by atoms with van der Waals surface area (Å²) in [5, 5.41) is 0. The van der Waals surface area contributed by atoms with Crippen molar-refractivity contribution in [3.05, 3.63) is 17.9 Å². The third-order valence-electron chi connectivity index (χ3n) is 2.28. The molecular weight excluding hydrogens is 221 g/mol. The molecule has 2 N–H and O–H groups in total. The summed E-state index contributed by atoms with van der Waals surface area (Å²) >= 11 is 0. The minimum atomic E-state index is -0.446. The van der Waals surface area contributed by atoms with E-state index >= 15 is 0 Å². The summed E-state index contributed by atoms with van der Waals surface area (Å²) in [6.45, 7) is 5.11. The van der Waals surface area contributed by atoms with Crippen LogP contribution in [0.15, 0.2) is 12.1 Å². The number of halogens is 1. The first-order chi connectivity index (χ1) is 8.19. The van der Waals surface area contributed by atoms with Crippen LogP contribution in [0.4, 0.5) is 10.1 Å². The highest BCUT2D eigenvalue weighted by Crippen LogP contribution is 2.30. The van der Waals surface area contributed by atoms with Crippen molar-refractivity contribution < 1.29 is 13.9 Å². The number of hydrogen-bond acceptors (Lipinski definition) is 3. The molecule has 96 valence electrons. The van der Waals surface area contributed by atoms with E-state index in [2.05, 4.69) is 6.92 Å². The van der Waals surface area contributed by atoms with Crippen molar-refractivity contribution in [2.45, 2.75) is 33.1 Å². The maximum atomic E-state index is 13.5. The van der Waals surface area contributed by atoms with Crippen molar-refractivity contribution in [3.63, 3.8) is 0 Å². The fraction of sp³-hybridized carbons (Fsp3) is 0.538. The van der Waals surface area contributed by atoms with E-state index in [-0.39, 0.29) is 5.75 Å². The minimum absolute atomic E-state index is 0.201. The predicted octanol–water partition coefficient (Wildman–Crippen LogP) is 3.38. The largest absolute Gasteiger partial charge is 0.491 e. The number of unbranched alkanes of at least 4 members (excludes halogenated alkanes) is 1. The Bertz CT molecular complexity index is 356. The number of rotatable bonds is 7. The van der Waals surface area contributed by atoms with Gasteiger partial charge in [0, 0.05) is 12.1 Å². The molecule has 0 fully saturated rings. The molecule has 0 atom stereocenters. The van der Waals surface area contributed by atoms with Gasteiger partial charge in [0.05, 0.1) is 18.9 Å². The molecule has 1 aromatic rings. The second-order valence-corrected chi connectivity index (χ2v) is 3.87. The van der Waals surface area contributed by atoms with Crippen LogP contribution in [0.2, 0.25) is 0 Å². The van der Waals surface area contributed by atoms with Gasteiger partial charge in [-0.15, -0.1) is 0 Å². The van der Waals surface area contributed by atoms with E-state index in [0.29, 0.717) is 24.7 Å². The van der Waals surface area contributed by atoms with E-state index in [4.69, 9.17) is 15.2 Å². The van der Waals surface area contributed by atoms with Crippen LogP contribution in [0.25, 0.3) is 0 Å². The van der Waals surface area contributed by atoms with Crippen molar-refractivity contribution in [1.29, 1.82) is 0 Å². The molecule has 0 spiro atoms. The molecule has 4 heteroatoms. The van der Waals surface area contributed by atoms with Crippen molar-refractivity contribution in [2.75, 3.05) is 18.9 Å². The third-order valence-corrected chi connectivity index (χ3v) is 2.28. The molecule has 0 saturated heterocycles. The van der Waals surface area contributed by atoms with Crippen LogP contribution in [0.5, 0.6) is 11.5 Å². The Balaban J connectivity index is 2.74. The molecule has 0 aliphatic carbocycles. The molecule has 0 amide bonds. The molecule has 0 aliphatic heterocycles. The number of hydrogen-bond donors (Lipinski definition) is 1. The van der Waals surface area contributed by atoms with E-state index in [0.717, 1.165) is 19.3 Å². The molecule has 0 bridgehead atoms. The number of ether oxygens (including phenoxy) is 2. The lowest BCUT2D eigenvalue weighted by Crippen LogP contribution is -2.03. The fourth-order valence-electron chi connectivity index (χ4n) is 1.32. The van der Waals surface area contributed by atoms with Gasteiger partial charge < -0.3 is 15.2 Å². The molecule has 0 heterocycles. The highest BCUT2D eigenvalue weighted by atomic mass is 19.1. The van der Waals surface area contributed by atoms with Crippen LogP contribution in [0, 0.1) is 5.82 Å². The quantitative estimate of drug-likeness (QED) is 0.588. The number of nitrogens with two attached hydrogens (primary N) is 1. The maximum absolute atomic E-state index is 13.5. The van der Waals surface area contributed by atoms with Crippen LogP contribution < -0.4 is 15.2 Å². The molecule has 17 heavy (non-hydrogen) atoms. The summed E-state index contributed by atoms with van der Waals surface area (Å²) in [5.74, 6) is 0.247. The first-order valence-electron chi connectivity index (χ1n) is 6.03. The van der Waals surface area contributed by atoms with Gasteiger partial charge in [0.15, 0.2) is 11.6 Å². The van der Waals surface area contributed by atoms with E-state index in [1.54, 1.807) is 0 Å². The predicted molar refractivity (Wildman–Crippen MR) is 67.0 cm³/mol. The van der Waals surface area contributed by atoms with Gasteiger partial charge in [-0.25, -0.2) is 4.39 Å². The van der Waals surface area contributed by atoms with Crippen molar-refractivity contribution >= 4 is 5.69 Å². The summed E-state index contributed by atoms with van der Waals surface area (Å²) in [6.07, 6.45) is 2.82. The third kappa shape index (κ3) is 4.13. The Morgan fingerprint density at radius 1 is 1.06 bits per heavy atom. The van der Waals surface area contributed by atoms with Crippen molar-refractivity contribution in [3.8, 4) is 11.5 Å². The second-order valence-electron chi connectivity index (χ2n) is 3.87. The topological polar surface area (TPSA) is 44.5 Å². The Hall–Kier alpha value is -1.45. The van der Waals surface area contributed by atoms with Gasteiger partial charge in [0.1, 0.15) is 5.75 Å². The SMILES string of the molecule is CCCCOc1cc(OCCC)c(F)cc1N. The zero-order chi connectivity index (χ0) is 12.7. The number of benzene rings is 1. The lowest BCUT2D eigenvalue weighted by Gasteiger charge is -2.12. The Labute approximate surface area is 102 Å². The van der Waals surface area contributed by atoms with E-state index in [1.807, 2.05) is 6.92 Å². The van der Waals surface area contributed by atoms with Gasteiger partial charge in [0.2, 0.25) is 0 Å². The summed E-state index contributed by atoms with van der Waals surface area (Å²) in [7, 11) is 0. The van der Waals surface area contributed by atoms with Crippen LogP contribution in [0.3, 0.4) is 0 Å². The monoisotopic (exact) mass is 241 g/mol. The Morgan fingerprint density at radius 3 is 2.41 bits per heavy atom. The van der Waals surface area contributed by atoms with E-state index < -0.39 is 5.82 Å². The number of nitrogen functional groups attached to an aromatic ring is 1. The van der Waals surface area contributed by atoms with Gasteiger partial charge in [-0.1, -0.05) is 20.3 Å². The zero-order valence-corrected chi connectivity index (χ0v) is 10.5. The molecule has 3 nitrogen and oxygen atoms in total. The lowest BCUT2D eigenvalue weighted by atomic mass is 10.2. The van der Waals surface area contributed by atoms with Gasteiger partial charge in [0.25, 0.3) is 0 Å². The first-order valence-corrected chi connectivity index (χ1v) is 6.03. The van der Waals surface area contributed by atoms with Gasteiger partial charge >= 0.3 is 0 Å². The van der Waals surface area contributed by atoms with E-state index in [9.17, 15) is 4.39 Å². The summed E-state index contributed by atoms with van der Waals surface area (Å²) in [6, 6.07) is 2.77. The normalized spacial score (nSPS) is 10.3. The first kappa shape index (κ1) is 13.6. The summed E-state index contributed by atoms with van der Waals surface area (Å²) in [5.41, 5.74) is 5.99. The van der Waals surface area contributed by atoms with Crippen LogP contribution in [0.1, 0.15) is 33.1 Å². The standard InChI is InChI=1S/C13H20FNO2/c1-3-5-7-17-13-9-12(16-6-4-2)10(14)8-11(13)15/h8-9H,3-7,15H2,1-2H3. The number of anilines is 1. The Morgan fingerprint density at radius 2 is 1.76 bits per heavy atom. The van der Waals surface area contributed by atoms with Gasteiger partial charge in [-0.05, 0) is 12.8 Å². The molecule has 0 unspecified atom stereocenters. The van der Waals surface area contributed by atoms with Crippen LogP contribution in [-0.4, -0.2) is 13.2 Å². The molecular formula is C13H20FNO2. The Kier molecular flexibility index (Phi) is 5.60. The molecule has 1 aromatic carbocycles. The highest BCUT2D eigenvalue weighted by Gasteiger charge is 2.09. The molecule has 1 rings (SSSR count). The molecule has 0 aliphatic rings. The molecule has 0 saturated carbocycles. The van der Waals surface area contributed by atoms with Gasteiger partial charge in [-0.3, -0.25) is 0 Å². The fourth-order valence-corrected chi connectivity index (χ4v) is 1.32. The minimum Gasteiger partial charge on any atom is -0.491 e. The van der Waals surface area contributed by atoms with Crippen molar-refractivity contribution in [1.82, 2.24) is 0 Å². The second kappa shape index (κ2) is 6.99.